The van der Waals surface area contributed by atoms with E-state index in [4.69, 9.17) is 0 Å². The van der Waals surface area contributed by atoms with Gasteiger partial charge in [-0.3, -0.25) is 0 Å². The van der Waals surface area contributed by atoms with Crippen molar-refractivity contribution in [1.29, 1.82) is 0 Å². The first kappa shape index (κ1) is 8.97. The first-order valence-corrected chi connectivity index (χ1v) is 4.16. The quantitative estimate of drug-likeness (QED) is 0.478. The van der Waals surface area contributed by atoms with Crippen molar-refractivity contribution in [3.05, 3.63) is 24.3 Å². The highest BCUT2D eigenvalue weighted by atomic mass is 15.4. The Bertz CT molecular complexity index is 286. The smallest absolute Gasteiger partial charge is 0.235 e. The molecule has 0 radical (unpaired) electrons. The average Bonchev–Trinajstić information content (AvgIpc) is 2.25. The fourth-order valence-electron chi connectivity index (χ4n) is 1.31. The summed E-state index contributed by atoms with van der Waals surface area (Å²) in [6.07, 6.45) is 3.95. The summed E-state index contributed by atoms with van der Waals surface area (Å²) in [4.78, 5) is 0. The minimum Gasteiger partial charge on any atom is -0.235 e. The minimum atomic E-state index is 1.01. The number of nitrogens with zero attached hydrogens (tertiary/aromatic N) is 3. The summed E-state index contributed by atoms with van der Waals surface area (Å²) < 4.78 is 4.04. The highest BCUT2D eigenvalue weighted by molar-refractivity contribution is 4.82. The maximum absolute atomic E-state index is 4.31. The van der Waals surface area contributed by atoms with Crippen molar-refractivity contribution in [3.63, 3.8) is 0 Å². The van der Waals surface area contributed by atoms with E-state index < -0.39 is 0 Å². The van der Waals surface area contributed by atoms with Gasteiger partial charge in [0.1, 0.15) is 0 Å². The Labute approximate surface area is 73.3 Å². The Kier molecular flexibility index (Phi) is 2.63. The van der Waals surface area contributed by atoms with Crippen LogP contribution in [0.25, 0.3) is 0 Å². The van der Waals surface area contributed by atoms with E-state index in [2.05, 4.69) is 16.2 Å². The summed E-state index contributed by atoms with van der Waals surface area (Å²) in [5.74, 6) is 2.30. The molecule has 0 atom stereocenters. The van der Waals surface area contributed by atoms with Crippen LogP contribution in [0, 0.1) is 6.92 Å². The van der Waals surface area contributed by atoms with Crippen molar-refractivity contribution in [1.82, 2.24) is 9.78 Å². The standard InChI is InChI=1S/C9H16N3/c1-5-6-7-9-11(3)8(2)10-12(9)4/h5H,1,6-7H2,2-4H3/q+1. The predicted molar refractivity (Wildman–Crippen MR) is 47.6 cm³/mol. The van der Waals surface area contributed by atoms with Gasteiger partial charge >= 0.3 is 0 Å². The van der Waals surface area contributed by atoms with Crippen molar-refractivity contribution < 1.29 is 4.57 Å². The number of rotatable bonds is 3. The van der Waals surface area contributed by atoms with E-state index in [0.717, 1.165) is 18.7 Å². The van der Waals surface area contributed by atoms with E-state index in [-0.39, 0.29) is 0 Å². The predicted octanol–water partition coefficient (Wildman–Crippen LogP) is 0.672. The lowest BCUT2D eigenvalue weighted by Gasteiger charge is -1.94. The van der Waals surface area contributed by atoms with Gasteiger partial charge in [0.15, 0.2) is 0 Å². The summed E-state index contributed by atoms with van der Waals surface area (Å²) in [5, 5.41) is 4.31. The molecule has 0 aliphatic rings. The van der Waals surface area contributed by atoms with Gasteiger partial charge in [0.25, 0.3) is 5.82 Å². The highest BCUT2D eigenvalue weighted by Gasteiger charge is 2.15. The molecule has 1 aromatic rings. The van der Waals surface area contributed by atoms with E-state index in [0.29, 0.717) is 0 Å². The zero-order valence-corrected chi connectivity index (χ0v) is 8.04. The van der Waals surface area contributed by atoms with Gasteiger partial charge in [0.05, 0.1) is 14.1 Å². The van der Waals surface area contributed by atoms with Gasteiger partial charge in [-0.25, -0.2) is 4.57 Å². The minimum absolute atomic E-state index is 1.01. The Hall–Kier alpha value is -1.12. The molecule has 3 heteroatoms. The molecule has 0 N–H and O–H groups in total. The molecule has 0 bridgehead atoms. The summed E-state index contributed by atoms with van der Waals surface area (Å²) in [7, 11) is 4.02. The van der Waals surface area contributed by atoms with E-state index >= 15 is 0 Å². The zero-order chi connectivity index (χ0) is 9.14. The number of aryl methyl sites for hydroxylation is 2. The monoisotopic (exact) mass is 166 g/mol. The zero-order valence-electron chi connectivity index (χ0n) is 8.04. The Morgan fingerprint density at radius 2 is 2.33 bits per heavy atom. The molecule has 0 saturated heterocycles. The van der Waals surface area contributed by atoms with Gasteiger partial charge in [-0.15, -0.1) is 11.3 Å². The maximum Gasteiger partial charge on any atom is 0.274 e. The first-order valence-electron chi connectivity index (χ1n) is 4.16. The molecule has 1 rings (SSSR count). The molecule has 0 aliphatic carbocycles. The van der Waals surface area contributed by atoms with Gasteiger partial charge in [0.2, 0.25) is 5.82 Å². The van der Waals surface area contributed by atoms with Crippen LogP contribution in [0.15, 0.2) is 12.7 Å². The van der Waals surface area contributed by atoms with Crippen molar-refractivity contribution in [2.75, 3.05) is 0 Å². The van der Waals surface area contributed by atoms with Crippen LogP contribution in [0.1, 0.15) is 18.1 Å². The third-order valence-electron chi connectivity index (χ3n) is 2.11. The van der Waals surface area contributed by atoms with Crippen LogP contribution >= 0.6 is 0 Å². The average molecular weight is 166 g/mol. The molecule has 0 fully saturated rings. The third-order valence-corrected chi connectivity index (χ3v) is 2.11. The summed E-state index contributed by atoms with van der Waals surface area (Å²) in [6.45, 7) is 5.71. The van der Waals surface area contributed by atoms with Gasteiger partial charge in [-0.05, 0) is 6.42 Å². The third kappa shape index (κ3) is 1.55. The van der Waals surface area contributed by atoms with Crippen molar-refractivity contribution in [2.24, 2.45) is 14.1 Å². The first-order chi connectivity index (χ1) is 5.66. The molecule has 0 amide bonds. The van der Waals surface area contributed by atoms with E-state index in [9.17, 15) is 0 Å². The molecule has 0 spiro atoms. The van der Waals surface area contributed by atoms with Crippen molar-refractivity contribution in [2.45, 2.75) is 19.8 Å². The highest BCUT2D eigenvalue weighted by Crippen LogP contribution is 1.96. The second kappa shape index (κ2) is 3.52. The number of allylic oxidation sites excluding steroid dienone is 1. The number of aromatic nitrogens is 3. The second-order valence-corrected chi connectivity index (χ2v) is 2.97. The maximum atomic E-state index is 4.31. The molecule has 0 aliphatic heterocycles. The normalized spacial score (nSPS) is 10.2. The molecule has 66 valence electrons. The lowest BCUT2D eigenvalue weighted by molar-refractivity contribution is -0.686. The molecule has 1 heterocycles. The summed E-state index contributed by atoms with van der Waals surface area (Å²) in [5.41, 5.74) is 0. The van der Waals surface area contributed by atoms with Crippen LogP contribution in [0.3, 0.4) is 0 Å². The van der Waals surface area contributed by atoms with Crippen molar-refractivity contribution in [3.8, 4) is 0 Å². The molecule has 12 heavy (non-hydrogen) atoms. The lowest BCUT2D eigenvalue weighted by atomic mass is 10.3. The fourth-order valence-corrected chi connectivity index (χ4v) is 1.31. The summed E-state index contributed by atoms with van der Waals surface area (Å²) >= 11 is 0. The summed E-state index contributed by atoms with van der Waals surface area (Å²) in [6, 6.07) is 0. The Morgan fingerprint density at radius 3 is 2.75 bits per heavy atom. The van der Waals surface area contributed by atoms with E-state index in [1.807, 2.05) is 31.8 Å². The van der Waals surface area contributed by atoms with Gasteiger partial charge in [-0.1, -0.05) is 6.08 Å². The largest absolute Gasteiger partial charge is 0.274 e. The fraction of sp³-hybridized carbons (Fsp3) is 0.556. The molecule has 3 nitrogen and oxygen atoms in total. The number of hydrogen-bond acceptors (Lipinski definition) is 1. The molecular weight excluding hydrogens is 150 g/mol. The SMILES string of the molecule is C=CCCc1n(C)nc(C)[n+]1C. The lowest BCUT2D eigenvalue weighted by Crippen LogP contribution is -2.34. The Morgan fingerprint density at radius 1 is 1.67 bits per heavy atom. The van der Waals surface area contributed by atoms with Crippen LogP contribution in [-0.2, 0) is 20.5 Å². The van der Waals surface area contributed by atoms with Crippen molar-refractivity contribution >= 4 is 0 Å². The van der Waals surface area contributed by atoms with Gasteiger partial charge in [-0.2, -0.15) is 0 Å². The van der Waals surface area contributed by atoms with E-state index in [1.165, 1.54) is 5.82 Å². The molecule has 1 aromatic heterocycles. The van der Waals surface area contributed by atoms with Crippen LogP contribution < -0.4 is 4.57 Å². The van der Waals surface area contributed by atoms with Crippen LogP contribution in [0.2, 0.25) is 0 Å². The molecule has 0 aromatic carbocycles. The second-order valence-electron chi connectivity index (χ2n) is 2.97. The molecular formula is C9H16N3+. The van der Waals surface area contributed by atoms with Crippen LogP contribution in [-0.4, -0.2) is 9.78 Å². The number of hydrogen-bond donors (Lipinski definition) is 0. The Balaban J connectivity index is 2.89. The van der Waals surface area contributed by atoms with E-state index in [1.54, 1.807) is 0 Å². The topological polar surface area (TPSA) is 21.7 Å². The molecule has 0 unspecified atom stereocenters. The van der Waals surface area contributed by atoms with Gasteiger partial charge < -0.3 is 0 Å². The molecule has 0 saturated carbocycles. The van der Waals surface area contributed by atoms with Gasteiger partial charge in [0, 0.05) is 18.4 Å². The van der Waals surface area contributed by atoms with Crippen LogP contribution in [0.4, 0.5) is 0 Å². The van der Waals surface area contributed by atoms with Crippen LogP contribution in [0.5, 0.6) is 0 Å².